The van der Waals surface area contributed by atoms with Gasteiger partial charge in [0.1, 0.15) is 0 Å². The van der Waals surface area contributed by atoms with Crippen molar-refractivity contribution in [1.82, 2.24) is 10.1 Å². The van der Waals surface area contributed by atoms with Gasteiger partial charge in [0.05, 0.1) is 0 Å². The zero-order valence-corrected chi connectivity index (χ0v) is 11.5. The smallest absolute Gasteiger partial charge is 0.226 e. The van der Waals surface area contributed by atoms with E-state index < -0.39 is 0 Å². The largest absolute Gasteiger partial charge is 0.339 e. The van der Waals surface area contributed by atoms with Gasteiger partial charge < -0.3 is 4.52 Å². The first-order valence-electron chi connectivity index (χ1n) is 6.12. The third kappa shape index (κ3) is 3.57. The summed E-state index contributed by atoms with van der Waals surface area (Å²) in [6, 6.07) is 6.47. The van der Waals surface area contributed by atoms with Crippen LogP contribution in [0.1, 0.15) is 34.8 Å². The summed E-state index contributed by atoms with van der Waals surface area (Å²) < 4.78 is 5.18. The van der Waals surface area contributed by atoms with Gasteiger partial charge in [-0.3, -0.25) is 0 Å². The molecule has 0 aliphatic heterocycles. The quantitative estimate of drug-likeness (QED) is 0.777. The maximum Gasteiger partial charge on any atom is 0.226 e. The van der Waals surface area contributed by atoms with E-state index >= 15 is 0 Å². The highest BCUT2D eigenvalue weighted by atomic mass is 35.5. The monoisotopic (exact) mass is 264 g/mol. The number of rotatable bonds is 5. The summed E-state index contributed by atoms with van der Waals surface area (Å²) in [5.41, 5.74) is 3.74. The standard InChI is InChI=1S/C14H17ClN2O/c1-10-6-11(2)8-12(7-10)9-13-16-14(18-17-13)4-3-5-15/h6-8H,3-5,9H2,1-2H3. The minimum absolute atomic E-state index is 0.620. The molecule has 0 atom stereocenters. The van der Waals surface area contributed by atoms with E-state index in [0.29, 0.717) is 18.2 Å². The maximum atomic E-state index is 5.63. The van der Waals surface area contributed by atoms with Crippen LogP contribution in [0.4, 0.5) is 0 Å². The van der Waals surface area contributed by atoms with Gasteiger partial charge in [0, 0.05) is 18.7 Å². The van der Waals surface area contributed by atoms with Crippen molar-refractivity contribution in [2.24, 2.45) is 0 Å². The van der Waals surface area contributed by atoms with E-state index in [1.54, 1.807) is 0 Å². The van der Waals surface area contributed by atoms with Crippen LogP contribution >= 0.6 is 11.6 Å². The molecule has 3 nitrogen and oxygen atoms in total. The minimum Gasteiger partial charge on any atom is -0.339 e. The molecule has 1 aromatic heterocycles. The van der Waals surface area contributed by atoms with Crippen LogP contribution in [0.3, 0.4) is 0 Å². The Balaban J connectivity index is 2.06. The number of nitrogens with zero attached hydrogens (tertiary/aromatic N) is 2. The van der Waals surface area contributed by atoms with Gasteiger partial charge in [-0.25, -0.2) is 0 Å². The molecule has 0 unspecified atom stereocenters. The highest BCUT2D eigenvalue weighted by molar-refractivity contribution is 6.17. The van der Waals surface area contributed by atoms with Crippen molar-refractivity contribution in [3.63, 3.8) is 0 Å². The second-order valence-corrected chi connectivity index (χ2v) is 4.95. The van der Waals surface area contributed by atoms with E-state index in [4.69, 9.17) is 16.1 Å². The fraction of sp³-hybridized carbons (Fsp3) is 0.429. The topological polar surface area (TPSA) is 38.9 Å². The van der Waals surface area contributed by atoms with Gasteiger partial charge >= 0.3 is 0 Å². The van der Waals surface area contributed by atoms with Gasteiger partial charge in [-0.05, 0) is 25.8 Å². The van der Waals surface area contributed by atoms with Crippen molar-refractivity contribution in [2.75, 3.05) is 5.88 Å². The minimum atomic E-state index is 0.620. The SMILES string of the molecule is Cc1cc(C)cc(Cc2noc(CCCCl)n2)c1. The lowest BCUT2D eigenvalue weighted by atomic mass is 10.1. The van der Waals surface area contributed by atoms with Crippen LogP contribution in [0.5, 0.6) is 0 Å². The van der Waals surface area contributed by atoms with Gasteiger partial charge in [0.15, 0.2) is 5.82 Å². The molecule has 0 bridgehead atoms. The number of alkyl halides is 1. The molecule has 0 fully saturated rings. The highest BCUT2D eigenvalue weighted by Crippen LogP contribution is 2.12. The van der Waals surface area contributed by atoms with Crippen molar-refractivity contribution in [2.45, 2.75) is 33.1 Å². The molecule has 2 rings (SSSR count). The Bertz CT molecular complexity index is 502. The lowest BCUT2D eigenvalue weighted by Gasteiger charge is -2.01. The Kier molecular flexibility index (Phi) is 4.37. The zero-order valence-electron chi connectivity index (χ0n) is 10.7. The van der Waals surface area contributed by atoms with Crippen LogP contribution in [-0.2, 0) is 12.8 Å². The fourth-order valence-corrected chi connectivity index (χ4v) is 2.17. The fourth-order valence-electron chi connectivity index (χ4n) is 2.04. The number of hydrogen-bond donors (Lipinski definition) is 0. The summed E-state index contributed by atoms with van der Waals surface area (Å²) in [6.45, 7) is 4.19. The summed E-state index contributed by atoms with van der Waals surface area (Å²) in [7, 11) is 0. The number of benzene rings is 1. The Morgan fingerprint density at radius 1 is 1.17 bits per heavy atom. The molecule has 2 aromatic rings. The van der Waals surface area contributed by atoms with Crippen LogP contribution in [0.15, 0.2) is 22.7 Å². The molecule has 0 aliphatic rings. The van der Waals surface area contributed by atoms with Gasteiger partial charge in [-0.1, -0.05) is 34.5 Å². The van der Waals surface area contributed by atoms with E-state index in [-0.39, 0.29) is 0 Å². The molecule has 0 amide bonds. The molecule has 0 spiro atoms. The number of halogens is 1. The van der Waals surface area contributed by atoms with Crippen molar-refractivity contribution < 1.29 is 4.52 Å². The first-order valence-corrected chi connectivity index (χ1v) is 6.65. The summed E-state index contributed by atoms with van der Waals surface area (Å²) in [4.78, 5) is 4.37. The second-order valence-electron chi connectivity index (χ2n) is 4.57. The van der Waals surface area contributed by atoms with Crippen LogP contribution < -0.4 is 0 Å². The first kappa shape index (κ1) is 13.1. The Morgan fingerprint density at radius 3 is 2.56 bits per heavy atom. The molecule has 1 aromatic carbocycles. The molecule has 0 N–H and O–H groups in total. The summed E-state index contributed by atoms with van der Waals surface area (Å²) in [5.74, 6) is 2.04. The van der Waals surface area contributed by atoms with Crippen LogP contribution in [0.2, 0.25) is 0 Å². The maximum absolute atomic E-state index is 5.63. The molecule has 0 aliphatic carbocycles. The Hall–Kier alpha value is -1.35. The van der Waals surface area contributed by atoms with Crippen molar-refractivity contribution in [3.8, 4) is 0 Å². The molecular weight excluding hydrogens is 248 g/mol. The lowest BCUT2D eigenvalue weighted by Crippen LogP contribution is -1.93. The highest BCUT2D eigenvalue weighted by Gasteiger charge is 2.07. The summed E-state index contributed by atoms with van der Waals surface area (Å²) in [5, 5.41) is 3.99. The van der Waals surface area contributed by atoms with E-state index in [0.717, 1.165) is 18.7 Å². The predicted octanol–water partition coefficient (Wildman–Crippen LogP) is 3.45. The van der Waals surface area contributed by atoms with Crippen molar-refractivity contribution in [1.29, 1.82) is 0 Å². The molecule has 0 saturated carbocycles. The van der Waals surface area contributed by atoms with Crippen LogP contribution in [0.25, 0.3) is 0 Å². The van der Waals surface area contributed by atoms with E-state index in [2.05, 4.69) is 42.2 Å². The van der Waals surface area contributed by atoms with Crippen LogP contribution in [-0.4, -0.2) is 16.0 Å². The molecule has 96 valence electrons. The molecular formula is C14H17ClN2O. The molecule has 0 saturated heterocycles. The lowest BCUT2D eigenvalue weighted by molar-refractivity contribution is 0.373. The predicted molar refractivity (Wildman–Crippen MR) is 72.1 cm³/mol. The Morgan fingerprint density at radius 2 is 1.89 bits per heavy atom. The van der Waals surface area contributed by atoms with E-state index in [1.165, 1.54) is 16.7 Å². The van der Waals surface area contributed by atoms with Gasteiger partial charge in [0.2, 0.25) is 5.89 Å². The van der Waals surface area contributed by atoms with E-state index in [1.807, 2.05) is 0 Å². The molecule has 18 heavy (non-hydrogen) atoms. The summed E-state index contributed by atoms with van der Waals surface area (Å²) >= 11 is 5.63. The average Bonchev–Trinajstić information content (AvgIpc) is 2.72. The third-order valence-electron chi connectivity index (χ3n) is 2.68. The van der Waals surface area contributed by atoms with Crippen molar-refractivity contribution >= 4 is 11.6 Å². The average molecular weight is 265 g/mol. The number of aromatic nitrogens is 2. The number of hydrogen-bond acceptors (Lipinski definition) is 3. The van der Waals surface area contributed by atoms with Gasteiger partial charge in [-0.15, -0.1) is 11.6 Å². The van der Waals surface area contributed by atoms with Gasteiger partial charge in [0.25, 0.3) is 0 Å². The van der Waals surface area contributed by atoms with Gasteiger partial charge in [-0.2, -0.15) is 4.98 Å². The third-order valence-corrected chi connectivity index (χ3v) is 2.95. The van der Waals surface area contributed by atoms with Crippen LogP contribution in [0, 0.1) is 13.8 Å². The van der Waals surface area contributed by atoms with Crippen molar-refractivity contribution in [3.05, 3.63) is 46.6 Å². The molecule has 0 radical (unpaired) electrons. The van der Waals surface area contributed by atoms with E-state index in [9.17, 15) is 0 Å². The number of aryl methyl sites for hydroxylation is 3. The second kappa shape index (κ2) is 6.01. The first-order chi connectivity index (χ1) is 8.67. The molecule has 4 heteroatoms. The molecule has 1 heterocycles. The normalized spacial score (nSPS) is 10.8. The Labute approximate surface area is 112 Å². The zero-order chi connectivity index (χ0) is 13.0. The summed E-state index contributed by atoms with van der Waals surface area (Å²) in [6.07, 6.45) is 2.34.